The zero-order chi connectivity index (χ0) is 15.6. The van der Waals surface area contributed by atoms with Crippen LogP contribution in [0.2, 0.25) is 0 Å². The SMILES string of the molecule is CCC(C)(C)C1CCC(O)C(Oc2cccc(C)c2F)C1. The Morgan fingerprint density at radius 1 is 1.33 bits per heavy atom. The predicted molar refractivity (Wildman–Crippen MR) is 83.0 cm³/mol. The summed E-state index contributed by atoms with van der Waals surface area (Å²) in [5.74, 6) is 0.444. The van der Waals surface area contributed by atoms with Gasteiger partial charge in [-0.05, 0) is 49.1 Å². The largest absolute Gasteiger partial charge is 0.485 e. The topological polar surface area (TPSA) is 29.5 Å². The highest BCUT2D eigenvalue weighted by Gasteiger charge is 2.37. The van der Waals surface area contributed by atoms with Crippen LogP contribution in [0.4, 0.5) is 4.39 Å². The molecule has 0 radical (unpaired) electrons. The van der Waals surface area contributed by atoms with Crippen molar-refractivity contribution in [2.45, 2.75) is 65.6 Å². The Hall–Kier alpha value is -1.09. The molecule has 0 amide bonds. The number of rotatable bonds is 4. The Bertz CT molecular complexity index is 484. The molecule has 1 aliphatic rings. The molecule has 21 heavy (non-hydrogen) atoms. The fourth-order valence-corrected chi connectivity index (χ4v) is 3.11. The van der Waals surface area contributed by atoms with Crippen molar-refractivity contribution >= 4 is 0 Å². The zero-order valence-electron chi connectivity index (χ0n) is 13.5. The number of aryl methyl sites for hydroxylation is 1. The normalized spacial score (nSPS) is 26.7. The number of benzene rings is 1. The molecule has 1 aliphatic carbocycles. The molecular formula is C18H27FO2. The summed E-state index contributed by atoms with van der Waals surface area (Å²) in [5, 5.41) is 10.2. The van der Waals surface area contributed by atoms with Crippen molar-refractivity contribution in [2.75, 3.05) is 0 Å². The predicted octanol–water partition coefficient (Wildman–Crippen LogP) is 4.48. The van der Waals surface area contributed by atoms with Gasteiger partial charge in [0.05, 0.1) is 6.10 Å². The van der Waals surface area contributed by atoms with Crippen molar-refractivity contribution < 1.29 is 14.2 Å². The summed E-state index contributed by atoms with van der Waals surface area (Å²) in [7, 11) is 0. The molecular weight excluding hydrogens is 267 g/mol. The highest BCUT2D eigenvalue weighted by atomic mass is 19.1. The molecule has 0 bridgehead atoms. The Labute approximate surface area is 127 Å². The van der Waals surface area contributed by atoms with Crippen LogP contribution in [0.3, 0.4) is 0 Å². The van der Waals surface area contributed by atoms with Gasteiger partial charge >= 0.3 is 0 Å². The molecule has 3 atom stereocenters. The molecule has 1 N–H and O–H groups in total. The summed E-state index contributed by atoms with van der Waals surface area (Å²) in [4.78, 5) is 0. The van der Waals surface area contributed by atoms with Crippen LogP contribution in [0.15, 0.2) is 18.2 Å². The van der Waals surface area contributed by atoms with E-state index in [9.17, 15) is 9.50 Å². The highest BCUT2D eigenvalue weighted by Crippen LogP contribution is 2.41. The van der Waals surface area contributed by atoms with Crippen LogP contribution >= 0.6 is 0 Å². The molecule has 0 spiro atoms. The summed E-state index contributed by atoms with van der Waals surface area (Å²) >= 11 is 0. The third-order valence-corrected chi connectivity index (χ3v) is 5.21. The van der Waals surface area contributed by atoms with Crippen molar-refractivity contribution in [1.82, 2.24) is 0 Å². The van der Waals surface area contributed by atoms with Crippen molar-refractivity contribution in [3.8, 4) is 5.75 Å². The number of aliphatic hydroxyl groups is 1. The van der Waals surface area contributed by atoms with E-state index >= 15 is 0 Å². The van der Waals surface area contributed by atoms with Gasteiger partial charge in [-0.3, -0.25) is 0 Å². The second-order valence-electron chi connectivity index (χ2n) is 6.96. The Balaban J connectivity index is 2.12. The second-order valence-corrected chi connectivity index (χ2v) is 6.96. The van der Waals surface area contributed by atoms with Crippen molar-refractivity contribution in [3.63, 3.8) is 0 Å². The Morgan fingerprint density at radius 3 is 2.71 bits per heavy atom. The van der Waals surface area contributed by atoms with Gasteiger partial charge in [0.2, 0.25) is 0 Å². The number of hydrogen-bond acceptors (Lipinski definition) is 2. The van der Waals surface area contributed by atoms with Gasteiger partial charge in [-0.2, -0.15) is 0 Å². The van der Waals surface area contributed by atoms with Crippen LogP contribution in [0.1, 0.15) is 52.0 Å². The smallest absolute Gasteiger partial charge is 0.167 e. The molecule has 2 nitrogen and oxygen atoms in total. The van der Waals surface area contributed by atoms with Crippen LogP contribution in [0.5, 0.6) is 5.75 Å². The van der Waals surface area contributed by atoms with E-state index in [2.05, 4.69) is 20.8 Å². The molecule has 1 aromatic rings. The third kappa shape index (κ3) is 3.57. The quantitative estimate of drug-likeness (QED) is 0.887. The molecule has 2 rings (SSSR count). The first-order chi connectivity index (χ1) is 9.85. The molecule has 1 fully saturated rings. The van der Waals surface area contributed by atoms with Gasteiger partial charge in [-0.15, -0.1) is 0 Å². The summed E-state index contributed by atoms with van der Waals surface area (Å²) in [6, 6.07) is 5.16. The minimum Gasteiger partial charge on any atom is -0.485 e. The monoisotopic (exact) mass is 294 g/mol. The van der Waals surface area contributed by atoms with Crippen molar-refractivity contribution in [3.05, 3.63) is 29.6 Å². The lowest BCUT2D eigenvalue weighted by molar-refractivity contribution is -0.0347. The lowest BCUT2D eigenvalue weighted by Crippen LogP contribution is -2.42. The minimum atomic E-state index is -0.506. The molecule has 0 aromatic heterocycles. The van der Waals surface area contributed by atoms with Crippen LogP contribution < -0.4 is 4.74 Å². The third-order valence-electron chi connectivity index (χ3n) is 5.21. The summed E-state index contributed by atoms with van der Waals surface area (Å²) in [5.41, 5.74) is 0.802. The average Bonchev–Trinajstić information content (AvgIpc) is 2.46. The first-order valence-corrected chi connectivity index (χ1v) is 7.95. The van der Waals surface area contributed by atoms with E-state index in [-0.39, 0.29) is 23.1 Å². The van der Waals surface area contributed by atoms with Gasteiger partial charge in [0, 0.05) is 0 Å². The maximum Gasteiger partial charge on any atom is 0.167 e. The maximum absolute atomic E-state index is 14.1. The fraction of sp³-hybridized carbons (Fsp3) is 0.667. The molecule has 3 unspecified atom stereocenters. The van der Waals surface area contributed by atoms with Gasteiger partial charge < -0.3 is 9.84 Å². The highest BCUT2D eigenvalue weighted by molar-refractivity contribution is 5.30. The standard InChI is InChI=1S/C18H27FO2/c1-5-18(3,4)13-9-10-14(20)16(11-13)21-15-8-6-7-12(2)17(15)19/h6-8,13-14,16,20H,5,9-11H2,1-4H3. The van der Waals surface area contributed by atoms with Crippen molar-refractivity contribution in [2.24, 2.45) is 11.3 Å². The van der Waals surface area contributed by atoms with E-state index < -0.39 is 6.10 Å². The first-order valence-electron chi connectivity index (χ1n) is 7.95. The number of ether oxygens (including phenoxy) is 1. The van der Waals surface area contributed by atoms with Gasteiger partial charge in [0.25, 0.3) is 0 Å². The van der Waals surface area contributed by atoms with Gasteiger partial charge in [-0.25, -0.2) is 4.39 Å². The molecule has 1 aromatic carbocycles. The maximum atomic E-state index is 14.1. The molecule has 3 heteroatoms. The van der Waals surface area contributed by atoms with Crippen LogP contribution in [-0.2, 0) is 0 Å². The molecule has 0 heterocycles. The average molecular weight is 294 g/mol. The van der Waals surface area contributed by atoms with E-state index in [0.29, 0.717) is 11.5 Å². The minimum absolute atomic E-state index is 0.229. The number of hydrogen-bond donors (Lipinski definition) is 1. The molecule has 118 valence electrons. The molecule has 0 aliphatic heterocycles. The van der Waals surface area contributed by atoms with Crippen LogP contribution in [-0.4, -0.2) is 17.3 Å². The van der Waals surface area contributed by atoms with E-state index in [0.717, 1.165) is 25.7 Å². The van der Waals surface area contributed by atoms with Gasteiger partial charge in [-0.1, -0.05) is 39.3 Å². The summed E-state index contributed by atoms with van der Waals surface area (Å²) < 4.78 is 19.9. The van der Waals surface area contributed by atoms with Gasteiger partial charge in [0.15, 0.2) is 11.6 Å². The van der Waals surface area contributed by atoms with E-state index in [1.54, 1.807) is 25.1 Å². The zero-order valence-corrected chi connectivity index (χ0v) is 13.5. The lowest BCUT2D eigenvalue weighted by Gasteiger charge is -2.41. The van der Waals surface area contributed by atoms with Gasteiger partial charge in [0.1, 0.15) is 6.10 Å². The molecule has 0 saturated heterocycles. The van der Waals surface area contributed by atoms with Crippen molar-refractivity contribution in [1.29, 1.82) is 0 Å². The summed E-state index contributed by atoms with van der Waals surface area (Å²) in [6.45, 7) is 8.45. The lowest BCUT2D eigenvalue weighted by atomic mass is 9.68. The first kappa shape index (κ1) is 16.3. The summed E-state index contributed by atoms with van der Waals surface area (Å²) in [6.07, 6.45) is 2.80. The molecule has 1 saturated carbocycles. The Kier molecular flexibility index (Phi) is 4.92. The second kappa shape index (κ2) is 6.35. The van der Waals surface area contributed by atoms with E-state index in [1.807, 2.05) is 0 Å². The Morgan fingerprint density at radius 2 is 2.05 bits per heavy atom. The van der Waals surface area contributed by atoms with Crippen LogP contribution in [0.25, 0.3) is 0 Å². The number of halogens is 1. The van der Waals surface area contributed by atoms with E-state index in [4.69, 9.17) is 4.74 Å². The number of aliphatic hydroxyl groups excluding tert-OH is 1. The fourth-order valence-electron chi connectivity index (χ4n) is 3.11. The van der Waals surface area contributed by atoms with E-state index in [1.165, 1.54) is 0 Å². The van der Waals surface area contributed by atoms with Crippen LogP contribution in [0, 0.1) is 24.1 Å².